The standard InChI is InChI=1S/C15H16FN3O2/c1-21-10-12-8-14(20)19-7-6-18(15(19)17-12)9-11-4-2-3-5-13(11)16/h2-5,8H,6-7,9-10H2,1H3. The molecule has 2 heterocycles. The normalized spacial score (nSPS) is 13.5. The molecule has 1 aromatic heterocycles. The third kappa shape index (κ3) is 2.67. The SMILES string of the molecule is COCc1cc(=O)n2c(n1)N(Cc1ccccc1F)CC2. The molecule has 0 radical (unpaired) electrons. The van der Waals surface area contributed by atoms with Crippen LogP contribution in [0.2, 0.25) is 0 Å². The molecule has 2 aromatic rings. The van der Waals surface area contributed by atoms with E-state index in [2.05, 4.69) is 4.98 Å². The van der Waals surface area contributed by atoms with E-state index in [1.807, 2.05) is 4.90 Å². The van der Waals surface area contributed by atoms with Crippen molar-refractivity contribution < 1.29 is 9.13 Å². The molecule has 0 saturated heterocycles. The molecule has 0 saturated carbocycles. The number of rotatable bonds is 4. The third-order valence-corrected chi connectivity index (χ3v) is 3.53. The quantitative estimate of drug-likeness (QED) is 0.857. The van der Waals surface area contributed by atoms with Crippen molar-refractivity contribution in [2.75, 3.05) is 18.6 Å². The fraction of sp³-hybridized carbons (Fsp3) is 0.333. The van der Waals surface area contributed by atoms with E-state index in [-0.39, 0.29) is 18.0 Å². The molecule has 1 aliphatic rings. The Balaban J connectivity index is 1.92. The number of methoxy groups -OCH3 is 1. The van der Waals surface area contributed by atoms with Gasteiger partial charge in [-0.3, -0.25) is 9.36 Å². The summed E-state index contributed by atoms with van der Waals surface area (Å²) in [5.41, 5.74) is 1.09. The van der Waals surface area contributed by atoms with Crippen molar-refractivity contribution >= 4 is 5.95 Å². The van der Waals surface area contributed by atoms with Crippen LogP contribution in [-0.4, -0.2) is 23.2 Å². The van der Waals surface area contributed by atoms with Gasteiger partial charge in [-0.2, -0.15) is 0 Å². The van der Waals surface area contributed by atoms with Crippen LogP contribution in [0.3, 0.4) is 0 Å². The lowest BCUT2D eigenvalue weighted by Gasteiger charge is -2.18. The summed E-state index contributed by atoms with van der Waals surface area (Å²) in [6, 6.07) is 8.13. The van der Waals surface area contributed by atoms with Gasteiger partial charge in [0.15, 0.2) is 0 Å². The van der Waals surface area contributed by atoms with Crippen LogP contribution in [-0.2, 0) is 24.4 Å². The number of hydrogen-bond donors (Lipinski definition) is 0. The number of ether oxygens (including phenoxy) is 1. The Morgan fingerprint density at radius 1 is 1.33 bits per heavy atom. The molecule has 110 valence electrons. The summed E-state index contributed by atoms with van der Waals surface area (Å²) in [5, 5.41) is 0. The smallest absolute Gasteiger partial charge is 0.255 e. The molecule has 0 bridgehead atoms. The first kappa shape index (κ1) is 13.8. The molecule has 0 aliphatic carbocycles. The zero-order valence-electron chi connectivity index (χ0n) is 11.8. The second-order valence-electron chi connectivity index (χ2n) is 4.98. The first-order valence-corrected chi connectivity index (χ1v) is 6.77. The fourth-order valence-electron chi connectivity index (χ4n) is 2.52. The fourth-order valence-corrected chi connectivity index (χ4v) is 2.52. The van der Waals surface area contributed by atoms with Gasteiger partial charge in [-0.15, -0.1) is 0 Å². The van der Waals surface area contributed by atoms with Crippen molar-refractivity contribution in [2.24, 2.45) is 0 Å². The van der Waals surface area contributed by atoms with Crippen LogP contribution >= 0.6 is 0 Å². The Hall–Kier alpha value is -2.21. The van der Waals surface area contributed by atoms with Crippen molar-refractivity contribution in [3.63, 3.8) is 0 Å². The van der Waals surface area contributed by atoms with E-state index in [1.54, 1.807) is 29.9 Å². The number of benzene rings is 1. The summed E-state index contributed by atoms with van der Waals surface area (Å²) in [7, 11) is 1.56. The van der Waals surface area contributed by atoms with E-state index in [0.717, 1.165) is 0 Å². The van der Waals surface area contributed by atoms with Gasteiger partial charge in [0.2, 0.25) is 5.95 Å². The maximum absolute atomic E-state index is 13.8. The molecule has 0 fully saturated rings. The lowest BCUT2D eigenvalue weighted by molar-refractivity contribution is 0.181. The third-order valence-electron chi connectivity index (χ3n) is 3.53. The molecule has 5 nitrogen and oxygen atoms in total. The summed E-state index contributed by atoms with van der Waals surface area (Å²) >= 11 is 0. The minimum atomic E-state index is -0.244. The number of halogens is 1. The highest BCUT2D eigenvalue weighted by Crippen LogP contribution is 2.20. The van der Waals surface area contributed by atoms with Gasteiger partial charge >= 0.3 is 0 Å². The predicted octanol–water partition coefficient (Wildman–Crippen LogP) is 1.55. The van der Waals surface area contributed by atoms with Crippen molar-refractivity contribution in [3.05, 3.63) is 57.8 Å². The number of anilines is 1. The number of hydrogen-bond acceptors (Lipinski definition) is 4. The van der Waals surface area contributed by atoms with Crippen LogP contribution < -0.4 is 10.5 Å². The summed E-state index contributed by atoms with van der Waals surface area (Å²) < 4.78 is 20.4. The minimum Gasteiger partial charge on any atom is -0.378 e. The minimum absolute atomic E-state index is 0.0944. The summed E-state index contributed by atoms with van der Waals surface area (Å²) in [6.45, 7) is 1.90. The van der Waals surface area contributed by atoms with Gasteiger partial charge in [0.25, 0.3) is 5.56 Å². The zero-order chi connectivity index (χ0) is 14.8. The first-order chi connectivity index (χ1) is 10.2. The van der Waals surface area contributed by atoms with Gasteiger partial charge in [0.05, 0.1) is 12.3 Å². The molecule has 0 N–H and O–H groups in total. The van der Waals surface area contributed by atoms with Gasteiger partial charge in [0.1, 0.15) is 5.82 Å². The van der Waals surface area contributed by atoms with Gasteiger partial charge in [-0.25, -0.2) is 9.37 Å². The molecule has 0 spiro atoms. The van der Waals surface area contributed by atoms with Crippen LogP contribution in [0.5, 0.6) is 0 Å². The molecule has 0 unspecified atom stereocenters. The highest BCUT2D eigenvalue weighted by molar-refractivity contribution is 5.38. The van der Waals surface area contributed by atoms with Crippen molar-refractivity contribution in [1.82, 2.24) is 9.55 Å². The second kappa shape index (κ2) is 5.65. The molecular formula is C15H16FN3O2. The van der Waals surface area contributed by atoms with Crippen molar-refractivity contribution in [3.8, 4) is 0 Å². The summed E-state index contributed by atoms with van der Waals surface area (Å²) in [4.78, 5) is 18.4. The van der Waals surface area contributed by atoms with Gasteiger partial charge in [-0.1, -0.05) is 18.2 Å². The van der Waals surface area contributed by atoms with Gasteiger partial charge in [0, 0.05) is 38.4 Å². The molecule has 0 atom stereocenters. The Kier molecular flexibility index (Phi) is 3.70. The highest BCUT2D eigenvalue weighted by atomic mass is 19.1. The number of fused-ring (bicyclic) bond motifs is 1. The number of aromatic nitrogens is 2. The largest absolute Gasteiger partial charge is 0.378 e. The van der Waals surface area contributed by atoms with Crippen molar-refractivity contribution in [2.45, 2.75) is 19.7 Å². The number of nitrogens with zero attached hydrogens (tertiary/aromatic N) is 3. The van der Waals surface area contributed by atoms with Gasteiger partial charge in [-0.05, 0) is 6.07 Å². The van der Waals surface area contributed by atoms with E-state index in [1.165, 1.54) is 12.1 Å². The molecule has 6 heteroatoms. The maximum Gasteiger partial charge on any atom is 0.255 e. The van der Waals surface area contributed by atoms with E-state index >= 15 is 0 Å². The Morgan fingerprint density at radius 3 is 2.90 bits per heavy atom. The zero-order valence-corrected chi connectivity index (χ0v) is 11.8. The van der Waals surface area contributed by atoms with Gasteiger partial charge < -0.3 is 9.64 Å². The van der Waals surface area contributed by atoms with Crippen LogP contribution in [0.15, 0.2) is 35.1 Å². The average Bonchev–Trinajstić information content (AvgIpc) is 2.86. The molecule has 1 aromatic carbocycles. The molecular weight excluding hydrogens is 273 g/mol. The van der Waals surface area contributed by atoms with E-state index in [4.69, 9.17) is 4.74 Å². The maximum atomic E-state index is 13.8. The Morgan fingerprint density at radius 2 is 2.14 bits per heavy atom. The molecule has 1 aliphatic heterocycles. The van der Waals surface area contributed by atoms with E-state index < -0.39 is 0 Å². The first-order valence-electron chi connectivity index (χ1n) is 6.77. The highest BCUT2D eigenvalue weighted by Gasteiger charge is 2.23. The van der Waals surface area contributed by atoms with Crippen LogP contribution in [0.25, 0.3) is 0 Å². The molecule has 0 amide bonds. The lowest BCUT2D eigenvalue weighted by Crippen LogP contribution is -2.24. The van der Waals surface area contributed by atoms with Crippen molar-refractivity contribution in [1.29, 1.82) is 0 Å². The topological polar surface area (TPSA) is 47.4 Å². The van der Waals surface area contributed by atoms with Crippen LogP contribution in [0.4, 0.5) is 10.3 Å². The van der Waals surface area contributed by atoms with E-state index in [9.17, 15) is 9.18 Å². The molecule has 21 heavy (non-hydrogen) atoms. The Bertz CT molecular complexity index is 714. The second-order valence-corrected chi connectivity index (χ2v) is 4.98. The molecule has 3 rings (SSSR count). The summed E-state index contributed by atoms with van der Waals surface area (Å²) in [5.74, 6) is 0.337. The average molecular weight is 289 g/mol. The summed E-state index contributed by atoms with van der Waals surface area (Å²) in [6.07, 6.45) is 0. The predicted molar refractivity (Wildman–Crippen MR) is 76.7 cm³/mol. The monoisotopic (exact) mass is 289 g/mol. The van der Waals surface area contributed by atoms with E-state index in [0.29, 0.717) is 36.8 Å². The van der Waals surface area contributed by atoms with Crippen LogP contribution in [0.1, 0.15) is 11.3 Å². The van der Waals surface area contributed by atoms with Crippen LogP contribution in [0, 0.1) is 5.82 Å². The Labute approximate surface area is 121 Å². The lowest BCUT2D eigenvalue weighted by atomic mass is 10.2.